The lowest BCUT2D eigenvalue weighted by molar-refractivity contribution is 0.562. The molecule has 0 saturated carbocycles. The largest absolute Gasteiger partial charge is 0.422 e. The van der Waals surface area contributed by atoms with Gasteiger partial charge in [0.15, 0.2) is 0 Å². The van der Waals surface area contributed by atoms with E-state index in [4.69, 9.17) is 27.6 Å². The Morgan fingerprint density at radius 1 is 1.00 bits per heavy atom. The summed E-state index contributed by atoms with van der Waals surface area (Å²) in [6.07, 6.45) is 1.61. The third-order valence-corrected chi connectivity index (χ3v) is 7.33. The predicted molar refractivity (Wildman–Crippen MR) is 147 cm³/mol. The van der Waals surface area contributed by atoms with Crippen LogP contribution in [0, 0.1) is 0 Å². The van der Waals surface area contributed by atoms with E-state index in [0.29, 0.717) is 38.2 Å². The fourth-order valence-corrected chi connectivity index (χ4v) is 5.10. The molecule has 0 aliphatic heterocycles. The first-order chi connectivity index (χ1) is 17.0. The van der Waals surface area contributed by atoms with Crippen LogP contribution in [0.5, 0.6) is 0 Å². The van der Waals surface area contributed by atoms with Crippen LogP contribution in [0.15, 0.2) is 102 Å². The zero-order chi connectivity index (χ0) is 24.4. The van der Waals surface area contributed by atoms with E-state index in [-0.39, 0.29) is 0 Å². The third-order valence-electron chi connectivity index (χ3n) is 5.25. The van der Waals surface area contributed by atoms with Gasteiger partial charge in [-0.15, -0.1) is 16.4 Å². The number of halogens is 3. The molecule has 0 amide bonds. The Balaban J connectivity index is 1.62. The lowest BCUT2D eigenvalue weighted by atomic mass is 10.1. The molecule has 0 radical (unpaired) electrons. The van der Waals surface area contributed by atoms with Crippen molar-refractivity contribution >= 4 is 67.7 Å². The Morgan fingerprint density at radius 2 is 1.83 bits per heavy atom. The molecule has 2 heterocycles. The van der Waals surface area contributed by atoms with Crippen LogP contribution in [0.4, 0.5) is 0 Å². The Hall–Kier alpha value is -2.97. The van der Waals surface area contributed by atoms with E-state index >= 15 is 0 Å². The molecule has 5 nitrogen and oxygen atoms in total. The van der Waals surface area contributed by atoms with Gasteiger partial charge in [0, 0.05) is 15.2 Å². The van der Waals surface area contributed by atoms with E-state index in [1.54, 1.807) is 24.4 Å². The summed E-state index contributed by atoms with van der Waals surface area (Å²) >= 11 is 17.0. The molecule has 0 aliphatic rings. The minimum Gasteiger partial charge on any atom is -0.422 e. The fraction of sp³-hybridized carbons (Fsp3) is 0.0385. The van der Waals surface area contributed by atoms with Crippen LogP contribution in [-0.4, -0.2) is 10.8 Å². The van der Waals surface area contributed by atoms with Crippen molar-refractivity contribution in [3.05, 3.63) is 119 Å². The van der Waals surface area contributed by atoms with Crippen LogP contribution >= 0.6 is 50.5 Å². The van der Waals surface area contributed by atoms with Gasteiger partial charge in [-0.3, -0.25) is 0 Å². The normalized spacial score (nSPS) is 12.1. The first kappa shape index (κ1) is 23.8. The fourth-order valence-electron chi connectivity index (χ4n) is 3.55. The van der Waals surface area contributed by atoms with Gasteiger partial charge in [0.05, 0.1) is 34.1 Å². The lowest BCUT2D eigenvalue weighted by Crippen LogP contribution is -2.18. The van der Waals surface area contributed by atoms with Crippen LogP contribution < -0.4 is 10.4 Å². The quantitative estimate of drug-likeness (QED) is 0.123. The number of benzene rings is 3. The Morgan fingerprint density at radius 3 is 2.63 bits per heavy atom. The van der Waals surface area contributed by atoms with E-state index in [1.165, 1.54) is 11.3 Å². The third kappa shape index (κ3) is 5.33. The zero-order valence-electron chi connectivity index (χ0n) is 18.0. The molecule has 0 N–H and O–H groups in total. The highest BCUT2D eigenvalue weighted by Crippen LogP contribution is 2.25. The molecule has 3 aromatic carbocycles. The lowest BCUT2D eigenvalue weighted by Gasteiger charge is -2.09. The molecule has 0 spiro atoms. The van der Waals surface area contributed by atoms with Gasteiger partial charge in [0.1, 0.15) is 5.58 Å². The van der Waals surface area contributed by atoms with E-state index in [0.717, 1.165) is 21.0 Å². The number of hydrogen-bond acceptors (Lipinski definition) is 5. The van der Waals surface area contributed by atoms with Crippen LogP contribution in [0.2, 0.25) is 10.0 Å². The average Bonchev–Trinajstić information content (AvgIpc) is 3.24. The molecule has 174 valence electrons. The molecule has 5 aromatic rings. The number of rotatable bonds is 5. The molecule has 0 atom stereocenters. The highest BCUT2D eigenvalue weighted by atomic mass is 79.9. The number of thiazole rings is 1. The number of nitrogens with zero attached hydrogens (tertiary/aromatic N) is 3. The van der Waals surface area contributed by atoms with Crippen LogP contribution in [0.1, 0.15) is 11.1 Å². The first-order valence-electron chi connectivity index (χ1n) is 10.5. The van der Waals surface area contributed by atoms with Gasteiger partial charge in [-0.1, -0.05) is 75.5 Å². The Kier molecular flexibility index (Phi) is 7.02. The van der Waals surface area contributed by atoms with Crippen molar-refractivity contribution in [2.24, 2.45) is 10.2 Å². The molecule has 35 heavy (non-hydrogen) atoms. The SMILES string of the molecule is O=c1oc2ccc(Br)cc2cc1-c1cs/c(=N\N=C\c2ccc(Cl)c(Cl)c2)n1Cc1ccccc1. The summed E-state index contributed by atoms with van der Waals surface area (Å²) in [6.45, 7) is 0.511. The topological polar surface area (TPSA) is 59.9 Å². The van der Waals surface area contributed by atoms with Crippen molar-refractivity contribution in [3.63, 3.8) is 0 Å². The second-order valence-corrected chi connectivity index (χ2v) is 10.2. The Bertz CT molecular complexity index is 1690. The smallest absolute Gasteiger partial charge is 0.345 e. The van der Waals surface area contributed by atoms with Gasteiger partial charge in [-0.25, -0.2) is 4.79 Å². The monoisotopic (exact) mass is 583 g/mol. The van der Waals surface area contributed by atoms with E-state index < -0.39 is 5.63 Å². The first-order valence-corrected chi connectivity index (χ1v) is 12.9. The average molecular weight is 585 g/mol. The molecule has 0 fully saturated rings. The second-order valence-electron chi connectivity index (χ2n) is 7.62. The summed E-state index contributed by atoms with van der Waals surface area (Å²) < 4.78 is 8.47. The van der Waals surface area contributed by atoms with Gasteiger partial charge in [-0.05, 0) is 47.5 Å². The molecule has 0 aliphatic carbocycles. The molecule has 5 rings (SSSR count). The standard InChI is InChI=1S/C26H16BrCl2N3O2S/c27-19-7-9-24-18(11-19)12-20(25(33)34-24)23-15-35-26(32(23)14-16-4-2-1-3-5-16)31-30-13-17-6-8-21(28)22(29)10-17/h1-13,15H,14H2/b30-13+,31-26-. The van der Waals surface area contributed by atoms with Crippen molar-refractivity contribution in [1.82, 2.24) is 4.57 Å². The van der Waals surface area contributed by atoms with Gasteiger partial charge in [0.2, 0.25) is 4.80 Å². The summed E-state index contributed by atoms with van der Waals surface area (Å²) in [7, 11) is 0. The van der Waals surface area contributed by atoms with Gasteiger partial charge >= 0.3 is 5.63 Å². The minimum atomic E-state index is -0.412. The molecule has 0 bridgehead atoms. The molecule has 9 heteroatoms. The van der Waals surface area contributed by atoms with E-state index in [9.17, 15) is 4.79 Å². The maximum atomic E-state index is 12.9. The molecular weight excluding hydrogens is 569 g/mol. The van der Waals surface area contributed by atoms with Crippen molar-refractivity contribution < 1.29 is 4.42 Å². The van der Waals surface area contributed by atoms with Crippen molar-refractivity contribution in [1.29, 1.82) is 0 Å². The molecular formula is C26H16BrCl2N3O2S. The maximum absolute atomic E-state index is 12.9. The predicted octanol–water partition coefficient (Wildman–Crippen LogP) is 7.38. The number of hydrogen-bond donors (Lipinski definition) is 0. The number of aromatic nitrogens is 1. The Labute approximate surface area is 222 Å². The van der Waals surface area contributed by atoms with E-state index in [1.807, 2.05) is 64.5 Å². The van der Waals surface area contributed by atoms with Gasteiger partial charge in [-0.2, -0.15) is 5.10 Å². The summed E-state index contributed by atoms with van der Waals surface area (Å²) in [6, 6.07) is 22.6. The molecule has 0 unspecified atom stereocenters. The highest BCUT2D eigenvalue weighted by Gasteiger charge is 2.15. The summed E-state index contributed by atoms with van der Waals surface area (Å²) in [5.41, 5.74) is 3.12. The van der Waals surface area contributed by atoms with Gasteiger partial charge < -0.3 is 8.98 Å². The van der Waals surface area contributed by atoms with Crippen LogP contribution in [-0.2, 0) is 6.54 Å². The summed E-state index contributed by atoms with van der Waals surface area (Å²) in [5, 5.41) is 12.3. The number of fused-ring (bicyclic) bond motifs is 1. The zero-order valence-corrected chi connectivity index (χ0v) is 21.9. The summed E-state index contributed by atoms with van der Waals surface area (Å²) in [5.74, 6) is 0. The highest BCUT2D eigenvalue weighted by molar-refractivity contribution is 9.10. The molecule has 0 saturated heterocycles. The maximum Gasteiger partial charge on any atom is 0.345 e. The summed E-state index contributed by atoms with van der Waals surface area (Å²) in [4.78, 5) is 13.6. The van der Waals surface area contributed by atoms with Crippen molar-refractivity contribution in [3.8, 4) is 11.3 Å². The van der Waals surface area contributed by atoms with Crippen molar-refractivity contribution in [2.75, 3.05) is 0 Å². The molecule has 2 aromatic heterocycles. The van der Waals surface area contributed by atoms with Gasteiger partial charge in [0.25, 0.3) is 0 Å². The second kappa shape index (κ2) is 10.3. The van der Waals surface area contributed by atoms with Crippen LogP contribution in [0.25, 0.3) is 22.2 Å². The van der Waals surface area contributed by atoms with E-state index in [2.05, 4.69) is 26.1 Å². The van der Waals surface area contributed by atoms with Crippen LogP contribution in [0.3, 0.4) is 0 Å². The minimum absolute atomic E-state index is 0.412. The van der Waals surface area contributed by atoms with Crippen molar-refractivity contribution in [2.45, 2.75) is 6.54 Å².